The summed E-state index contributed by atoms with van der Waals surface area (Å²) in [6, 6.07) is 2.48. The van der Waals surface area contributed by atoms with Crippen molar-refractivity contribution in [2.24, 2.45) is 0 Å². The molecule has 7 heteroatoms. The maximum Gasteiger partial charge on any atom is 0.406 e. The van der Waals surface area contributed by atoms with E-state index in [0.29, 0.717) is 0 Å². The van der Waals surface area contributed by atoms with Gasteiger partial charge >= 0.3 is 11.8 Å². The lowest BCUT2D eigenvalue weighted by Gasteiger charge is -1.96. The van der Waals surface area contributed by atoms with Gasteiger partial charge in [0.1, 0.15) is 0 Å². The van der Waals surface area contributed by atoms with Gasteiger partial charge in [-0.25, -0.2) is 4.79 Å². The van der Waals surface area contributed by atoms with Crippen molar-refractivity contribution in [2.45, 2.75) is 6.92 Å². The fraction of sp³-hybridized carbons (Fsp3) is 0.200. The highest BCUT2D eigenvalue weighted by Gasteiger charge is 2.15. The molecule has 1 aromatic heterocycles. The average Bonchev–Trinajstić information content (AvgIpc) is 2.28. The molecule has 0 saturated heterocycles. The summed E-state index contributed by atoms with van der Waals surface area (Å²) in [4.78, 5) is 24.2. The van der Waals surface area contributed by atoms with Gasteiger partial charge in [0.2, 0.25) is 5.75 Å². The molecule has 0 saturated carbocycles. The van der Waals surface area contributed by atoms with Gasteiger partial charge in [-0.05, 0) is 35.0 Å². The van der Waals surface area contributed by atoms with E-state index in [0.717, 1.165) is 12.1 Å². The third-order valence-electron chi connectivity index (χ3n) is 1.73. The Balaban J connectivity index is 2.89. The minimum Gasteiger partial charge on any atom is -0.501 e. The smallest absolute Gasteiger partial charge is 0.406 e. The third-order valence-corrected chi connectivity index (χ3v) is 1.73. The van der Waals surface area contributed by atoms with Crippen LogP contribution in [0.5, 0.6) is 5.75 Å². The van der Waals surface area contributed by atoms with Gasteiger partial charge in [-0.2, -0.15) is 0 Å². The van der Waals surface area contributed by atoms with Crippen LogP contribution >= 0.6 is 0 Å². The molecule has 0 spiro atoms. The Morgan fingerprint density at radius 1 is 1.65 bits per heavy atom. The van der Waals surface area contributed by atoms with Crippen molar-refractivity contribution in [3.63, 3.8) is 0 Å². The Morgan fingerprint density at radius 2 is 2.35 bits per heavy atom. The normalized spacial score (nSPS) is 10.4. The molecule has 1 aromatic rings. The molecule has 0 fully saturated rings. The van der Waals surface area contributed by atoms with E-state index in [1.54, 1.807) is 6.92 Å². The molecule has 90 valence electrons. The molecular formula is C10H10N2O5. The number of hydrogen-bond donors (Lipinski definition) is 1. The SMILES string of the molecule is CCOC(=O)C=Cc1ccc(O)c([N+](=O)[O-])n1. The quantitative estimate of drug-likeness (QED) is 0.366. The minimum atomic E-state index is -0.808. The average molecular weight is 238 g/mol. The summed E-state index contributed by atoms with van der Waals surface area (Å²) in [7, 11) is 0. The Morgan fingerprint density at radius 3 is 2.94 bits per heavy atom. The van der Waals surface area contributed by atoms with Crippen LogP contribution in [0.4, 0.5) is 5.82 Å². The highest BCUT2D eigenvalue weighted by Crippen LogP contribution is 2.22. The van der Waals surface area contributed by atoms with Crippen molar-refractivity contribution >= 4 is 17.9 Å². The Bertz CT molecular complexity index is 470. The van der Waals surface area contributed by atoms with Crippen LogP contribution < -0.4 is 0 Å². The summed E-state index contributed by atoms with van der Waals surface area (Å²) in [5.74, 6) is -1.75. The number of aromatic hydroxyl groups is 1. The highest BCUT2D eigenvalue weighted by atomic mass is 16.6. The lowest BCUT2D eigenvalue weighted by atomic mass is 10.3. The Kier molecular flexibility index (Phi) is 4.15. The summed E-state index contributed by atoms with van der Waals surface area (Å²) in [5, 5.41) is 19.6. The zero-order valence-corrected chi connectivity index (χ0v) is 8.99. The number of hydrogen-bond acceptors (Lipinski definition) is 6. The second-order valence-corrected chi connectivity index (χ2v) is 2.92. The molecule has 1 N–H and O–H groups in total. The van der Waals surface area contributed by atoms with Gasteiger partial charge in [0.05, 0.1) is 6.61 Å². The molecule has 0 radical (unpaired) electrons. The maximum atomic E-state index is 11.0. The van der Waals surface area contributed by atoms with Crippen molar-refractivity contribution in [3.05, 3.63) is 34.0 Å². The first-order chi connectivity index (χ1) is 8.04. The Labute approximate surface area is 96.5 Å². The first kappa shape index (κ1) is 12.6. The molecule has 7 nitrogen and oxygen atoms in total. The first-order valence-electron chi connectivity index (χ1n) is 4.73. The number of esters is 1. The molecular weight excluding hydrogens is 228 g/mol. The van der Waals surface area contributed by atoms with Gasteiger partial charge in [-0.3, -0.25) is 0 Å². The molecule has 1 rings (SSSR count). The monoisotopic (exact) mass is 238 g/mol. The molecule has 0 bridgehead atoms. The number of nitro groups is 1. The second kappa shape index (κ2) is 5.59. The molecule has 0 aliphatic carbocycles. The first-order valence-corrected chi connectivity index (χ1v) is 4.73. The fourth-order valence-electron chi connectivity index (χ4n) is 1.03. The summed E-state index contributed by atoms with van der Waals surface area (Å²) in [6.07, 6.45) is 2.37. The highest BCUT2D eigenvalue weighted by molar-refractivity contribution is 5.86. The van der Waals surface area contributed by atoms with Gasteiger partial charge in [-0.15, -0.1) is 0 Å². The Hall–Kier alpha value is -2.44. The van der Waals surface area contributed by atoms with E-state index in [9.17, 15) is 14.9 Å². The van der Waals surface area contributed by atoms with E-state index < -0.39 is 22.5 Å². The fourth-order valence-corrected chi connectivity index (χ4v) is 1.03. The van der Waals surface area contributed by atoms with Crippen LogP contribution in [-0.4, -0.2) is 27.6 Å². The zero-order chi connectivity index (χ0) is 12.8. The lowest BCUT2D eigenvalue weighted by Crippen LogP contribution is -1.99. The van der Waals surface area contributed by atoms with Crippen LogP contribution in [0.3, 0.4) is 0 Å². The molecule has 0 aromatic carbocycles. The lowest BCUT2D eigenvalue weighted by molar-refractivity contribution is -0.390. The molecule has 0 aliphatic rings. The molecule has 17 heavy (non-hydrogen) atoms. The van der Waals surface area contributed by atoms with Crippen molar-refractivity contribution in [3.8, 4) is 5.75 Å². The van der Waals surface area contributed by atoms with Crippen molar-refractivity contribution in [2.75, 3.05) is 6.61 Å². The molecule has 1 heterocycles. The van der Waals surface area contributed by atoms with E-state index in [1.807, 2.05) is 0 Å². The number of nitrogens with zero attached hydrogens (tertiary/aromatic N) is 2. The summed E-state index contributed by atoms with van der Waals surface area (Å²) in [5.41, 5.74) is 0.183. The second-order valence-electron chi connectivity index (χ2n) is 2.92. The predicted octanol–water partition coefficient (Wildman–Crippen LogP) is 1.27. The van der Waals surface area contributed by atoms with Crippen LogP contribution in [0.15, 0.2) is 18.2 Å². The van der Waals surface area contributed by atoms with E-state index in [4.69, 9.17) is 5.11 Å². The standard InChI is InChI=1S/C10H10N2O5/c1-2-17-9(14)6-4-7-3-5-8(13)10(11-7)12(15)16/h3-6,13H,2H2,1H3. The number of carbonyl (C=O) groups is 1. The van der Waals surface area contributed by atoms with Crippen LogP contribution in [0.2, 0.25) is 0 Å². The molecule has 0 atom stereocenters. The topological polar surface area (TPSA) is 103 Å². The summed E-state index contributed by atoms with van der Waals surface area (Å²) >= 11 is 0. The van der Waals surface area contributed by atoms with Crippen LogP contribution in [0.1, 0.15) is 12.6 Å². The molecule has 0 amide bonds. The number of pyridine rings is 1. The number of rotatable bonds is 4. The van der Waals surface area contributed by atoms with Crippen molar-refractivity contribution in [1.82, 2.24) is 4.98 Å². The molecule has 0 unspecified atom stereocenters. The van der Waals surface area contributed by atoms with Crippen LogP contribution in [-0.2, 0) is 9.53 Å². The minimum absolute atomic E-state index is 0.183. The van der Waals surface area contributed by atoms with Gasteiger partial charge in [0, 0.05) is 6.08 Å². The number of ether oxygens (including phenoxy) is 1. The zero-order valence-electron chi connectivity index (χ0n) is 8.99. The van der Waals surface area contributed by atoms with E-state index in [1.165, 1.54) is 12.1 Å². The van der Waals surface area contributed by atoms with E-state index >= 15 is 0 Å². The number of aromatic nitrogens is 1. The largest absolute Gasteiger partial charge is 0.501 e. The van der Waals surface area contributed by atoms with Crippen molar-refractivity contribution in [1.29, 1.82) is 0 Å². The maximum absolute atomic E-state index is 11.0. The van der Waals surface area contributed by atoms with Gasteiger partial charge in [0.25, 0.3) is 0 Å². The van der Waals surface area contributed by atoms with Gasteiger partial charge < -0.3 is 20.0 Å². The summed E-state index contributed by atoms with van der Waals surface area (Å²) < 4.78 is 4.63. The van der Waals surface area contributed by atoms with Gasteiger partial charge in [-0.1, -0.05) is 0 Å². The van der Waals surface area contributed by atoms with Crippen molar-refractivity contribution < 1.29 is 19.6 Å². The van der Waals surface area contributed by atoms with E-state index in [-0.39, 0.29) is 12.3 Å². The van der Waals surface area contributed by atoms with Crippen LogP contribution in [0, 0.1) is 10.1 Å². The predicted molar refractivity (Wildman–Crippen MR) is 58.2 cm³/mol. The third kappa shape index (κ3) is 3.56. The van der Waals surface area contributed by atoms with Gasteiger partial charge in [0.15, 0.2) is 5.69 Å². The molecule has 0 aliphatic heterocycles. The van der Waals surface area contributed by atoms with E-state index in [2.05, 4.69) is 9.72 Å². The van der Waals surface area contributed by atoms with Crippen LogP contribution in [0.25, 0.3) is 6.08 Å². The number of carbonyl (C=O) groups excluding carboxylic acids is 1. The summed E-state index contributed by atoms with van der Waals surface area (Å²) in [6.45, 7) is 1.90.